The molecule has 0 N–H and O–H groups in total. The molecule has 3 rings (SSSR count). The van der Waals surface area contributed by atoms with Crippen molar-refractivity contribution in [2.45, 2.75) is 59.4 Å². The quantitative estimate of drug-likeness (QED) is 0.570. The van der Waals surface area contributed by atoms with E-state index in [0.29, 0.717) is 18.2 Å². The van der Waals surface area contributed by atoms with Gasteiger partial charge in [0.1, 0.15) is 0 Å². The van der Waals surface area contributed by atoms with E-state index in [4.69, 9.17) is 4.74 Å². The number of carbonyl (C=O) groups excluding carboxylic acids is 1. The maximum atomic E-state index is 11.9. The molecule has 1 aliphatic heterocycles. The van der Waals surface area contributed by atoms with Gasteiger partial charge in [-0.2, -0.15) is 0 Å². The number of benzene rings is 2. The van der Waals surface area contributed by atoms with Crippen molar-refractivity contribution < 1.29 is 9.53 Å². The maximum Gasteiger partial charge on any atom is 0.338 e. The molecule has 2 aromatic rings. The van der Waals surface area contributed by atoms with Crippen molar-refractivity contribution in [1.82, 2.24) is 0 Å². The Kier molecular flexibility index (Phi) is 6.21. The van der Waals surface area contributed by atoms with Crippen LogP contribution in [0.3, 0.4) is 0 Å². The number of nitrogens with zero attached hydrogens (tertiary/aromatic N) is 2. The van der Waals surface area contributed by atoms with E-state index >= 15 is 0 Å². The summed E-state index contributed by atoms with van der Waals surface area (Å²) < 4.78 is 5.10. The molecule has 1 heterocycles. The van der Waals surface area contributed by atoms with Crippen LogP contribution in [0.25, 0.3) is 0 Å². The first-order valence-corrected chi connectivity index (χ1v) is 10.7. The Labute approximate surface area is 175 Å². The number of hydrogen-bond acceptors (Lipinski definition) is 4. The fourth-order valence-corrected chi connectivity index (χ4v) is 4.18. The Balaban J connectivity index is 1.95. The van der Waals surface area contributed by atoms with E-state index in [0.717, 1.165) is 25.2 Å². The van der Waals surface area contributed by atoms with Crippen LogP contribution in [0.4, 0.5) is 17.1 Å². The van der Waals surface area contributed by atoms with E-state index in [9.17, 15) is 4.79 Å². The van der Waals surface area contributed by atoms with Crippen LogP contribution in [-0.4, -0.2) is 31.7 Å². The molecule has 0 unspecified atom stereocenters. The van der Waals surface area contributed by atoms with Gasteiger partial charge in [-0.05, 0) is 87.6 Å². The third-order valence-electron chi connectivity index (χ3n) is 5.94. The van der Waals surface area contributed by atoms with Crippen LogP contribution in [-0.2, 0) is 10.2 Å². The number of esters is 1. The molecule has 29 heavy (non-hydrogen) atoms. The highest BCUT2D eigenvalue weighted by Crippen LogP contribution is 2.43. The lowest BCUT2D eigenvalue weighted by molar-refractivity contribution is 0.0526. The Morgan fingerprint density at radius 3 is 2.34 bits per heavy atom. The number of carbonyl (C=O) groups is 1. The highest BCUT2D eigenvalue weighted by Gasteiger charge is 2.32. The molecule has 0 fully saturated rings. The summed E-state index contributed by atoms with van der Waals surface area (Å²) in [6.07, 6.45) is 1.15. The van der Waals surface area contributed by atoms with Crippen molar-refractivity contribution in [3.8, 4) is 0 Å². The molecule has 0 spiro atoms. The van der Waals surface area contributed by atoms with Gasteiger partial charge < -0.3 is 14.5 Å². The minimum absolute atomic E-state index is 0.157. The summed E-state index contributed by atoms with van der Waals surface area (Å²) in [7, 11) is 0. The van der Waals surface area contributed by atoms with Gasteiger partial charge in [-0.25, -0.2) is 4.79 Å². The van der Waals surface area contributed by atoms with Crippen molar-refractivity contribution in [2.24, 2.45) is 0 Å². The van der Waals surface area contributed by atoms with Crippen molar-refractivity contribution >= 4 is 23.0 Å². The van der Waals surface area contributed by atoms with E-state index in [2.05, 4.69) is 62.6 Å². The lowest BCUT2D eigenvalue weighted by atomic mass is 9.77. The molecule has 0 bridgehead atoms. The first kappa shape index (κ1) is 21.2. The molecule has 0 atom stereocenters. The topological polar surface area (TPSA) is 32.8 Å². The Hall–Kier alpha value is -2.49. The van der Waals surface area contributed by atoms with Gasteiger partial charge in [0.25, 0.3) is 0 Å². The molecular weight excluding hydrogens is 360 g/mol. The average Bonchev–Trinajstić information content (AvgIpc) is 2.69. The molecule has 0 saturated carbocycles. The minimum atomic E-state index is -0.272. The molecule has 2 aromatic carbocycles. The van der Waals surface area contributed by atoms with Crippen LogP contribution < -0.4 is 9.80 Å². The van der Waals surface area contributed by atoms with Crippen LogP contribution in [0.1, 0.15) is 63.9 Å². The highest BCUT2D eigenvalue weighted by molar-refractivity contribution is 5.90. The third kappa shape index (κ3) is 4.26. The zero-order chi connectivity index (χ0) is 21.2. The molecule has 156 valence electrons. The average molecular weight is 395 g/mol. The number of rotatable bonds is 6. The number of fused-ring (bicyclic) bond motifs is 1. The number of anilines is 3. The van der Waals surface area contributed by atoms with Gasteiger partial charge in [0.2, 0.25) is 0 Å². The van der Waals surface area contributed by atoms with Crippen molar-refractivity contribution in [3.63, 3.8) is 0 Å². The van der Waals surface area contributed by atoms with Gasteiger partial charge in [-0.15, -0.1) is 0 Å². The van der Waals surface area contributed by atoms with Gasteiger partial charge in [0.05, 0.1) is 12.2 Å². The van der Waals surface area contributed by atoms with Gasteiger partial charge in [0.15, 0.2) is 0 Å². The van der Waals surface area contributed by atoms with Crippen molar-refractivity contribution in [1.29, 1.82) is 0 Å². The summed E-state index contributed by atoms with van der Waals surface area (Å²) in [6.45, 7) is 15.5. The lowest BCUT2D eigenvalue weighted by Gasteiger charge is -2.43. The molecule has 0 saturated heterocycles. The fraction of sp³-hybridized carbons (Fsp3) is 0.480. The van der Waals surface area contributed by atoms with Crippen LogP contribution in [0, 0.1) is 0 Å². The molecule has 4 heteroatoms. The van der Waals surface area contributed by atoms with E-state index in [1.807, 2.05) is 31.2 Å². The number of ether oxygens (including phenoxy) is 1. The summed E-state index contributed by atoms with van der Waals surface area (Å²) in [4.78, 5) is 16.7. The standard InChI is InChI=1S/C25H34N2O2/c1-7-26(20-11-9-19(10-12-20)24(28)29-8-2)21-13-14-23-22(17-21)25(5,6)15-16-27(23)18(3)4/h9-14,17-18H,7-8,15-16H2,1-6H3. The second-order valence-electron chi connectivity index (χ2n) is 8.63. The first-order valence-electron chi connectivity index (χ1n) is 10.7. The predicted molar refractivity (Wildman–Crippen MR) is 122 cm³/mol. The van der Waals surface area contributed by atoms with Gasteiger partial charge in [0, 0.05) is 36.2 Å². The second-order valence-corrected chi connectivity index (χ2v) is 8.63. The molecule has 4 nitrogen and oxygen atoms in total. The summed E-state index contributed by atoms with van der Waals surface area (Å²) in [6, 6.07) is 15.0. The third-order valence-corrected chi connectivity index (χ3v) is 5.94. The first-order chi connectivity index (χ1) is 13.8. The number of hydrogen-bond donors (Lipinski definition) is 0. The Morgan fingerprint density at radius 2 is 1.76 bits per heavy atom. The summed E-state index contributed by atoms with van der Waals surface area (Å²) in [5.41, 5.74) is 5.78. The summed E-state index contributed by atoms with van der Waals surface area (Å²) in [5.74, 6) is -0.272. The molecule has 1 aliphatic rings. The highest BCUT2D eigenvalue weighted by atomic mass is 16.5. The molecular formula is C25H34N2O2. The predicted octanol–water partition coefficient (Wildman–Crippen LogP) is 5.92. The molecule has 0 radical (unpaired) electrons. The zero-order valence-electron chi connectivity index (χ0n) is 18.7. The molecule has 0 aliphatic carbocycles. The van der Waals surface area contributed by atoms with E-state index < -0.39 is 0 Å². The van der Waals surface area contributed by atoms with Gasteiger partial charge in [-0.3, -0.25) is 0 Å². The summed E-state index contributed by atoms with van der Waals surface area (Å²) in [5, 5.41) is 0. The normalized spacial score (nSPS) is 15.2. The zero-order valence-corrected chi connectivity index (χ0v) is 18.7. The SMILES string of the molecule is CCOC(=O)c1ccc(N(CC)c2ccc3c(c2)C(C)(C)CCN3C(C)C)cc1. The van der Waals surface area contributed by atoms with Crippen molar-refractivity contribution in [2.75, 3.05) is 29.5 Å². The van der Waals surface area contributed by atoms with Gasteiger partial charge in [-0.1, -0.05) is 13.8 Å². The molecule has 0 aromatic heterocycles. The maximum absolute atomic E-state index is 11.9. The van der Waals surface area contributed by atoms with E-state index in [-0.39, 0.29) is 11.4 Å². The largest absolute Gasteiger partial charge is 0.462 e. The fourth-order valence-electron chi connectivity index (χ4n) is 4.18. The van der Waals surface area contributed by atoms with Crippen LogP contribution >= 0.6 is 0 Å². The minimum Gasteiger partial charge on any atom is -0.462 e. The van der Waals surface area contributed by atoms with E-state index in [1.54, 1.807) is 0 Å². The smallest absolute Gasteiger partial charge is 0.338 e. The lowest BCUT2D eigenvalue weighted by Crippen LogP contribution is -2.41. The van der Waals surface area contributed by atoms with Crippen LogP contribution in [0.2, 0.25) is 0 Å². The van der Waals surface area contributed by atoms with Crippen LogP contribution in [0.15, 0.2) is 42.5 Å². The molecule has 0 amide bonds. The second kappa shape index (κ2) is 8.48. The monoisotopic (exact) mass is 394 g/mol. The summed E-state index contributed by atoms with van der Waals surface area (Å²) >= 11 is 0. The van der Waals surface area contributed by atoms with Crippen LogP contribution in [0.5, 0.6) is 0 Å². The van der Waals surface area contributed by atoms with Crippen molar-refractivity contribution in [3.05, 3.63) is 53.6 Å². The van der Waals surface area contributed by atoms with E-state index in [1.165, 1.54) is 16.9 Å². The Morgan fingerprint density at radius 1 is 1.10 bits per heavy atom. The Bertz CT molecular complexity index is 856. The van der Waals surface area contributed by atoms with Gasteiger partial charge >= 0.3 is 5.97 Å².